The summed E-state index contributed by atoms with van der Waals surface area (Å²) in [4.78, 5) is 25.1. The molecule has 3 aliphatic rings. The maximum absolute atomic E-state index is 13.7. The maximum Gasteiger partial charge on any atom is 0.496 e. The second kappa shape index (κ2) is 25.3. The molecule has 20 heteroatoms. The van der Waals surface area contributed by atoms with Crippen molar-refractivity contribution in [3.63, 3.8) is 0 Å². The number of amidine groups is 1. The van der Waals surface area contributed by atoms with Crippen LogP contribution in [0, 0.1) is 6.92 Å². The van der Waals surface area contributed by atoms with E-state index in [-0.39, 0.29) is 4.90 Å². The number of ether oxygens (including phenoxy) is 3. The fourth-order valence-corrected chi connectivity index (χ4v) is 13.2. The molecule has 18 nitrogen and oxygen atoms in total. The number of aliphatic hydroxyl groups is 1. The maximum atomic E-state index is 13.7. The van der Waals surface area contributed by atoms with Crippen molar-refractivity contribution in [3.05, 3.63) is 218 Å². The lowest BCUT2D eigenvalue weighted by molar-refractivity contribution is -0.00237. The van der Waals surface area contributed by atoms with Gasteiger partial charge in [-0.1, -0.05) is 109 Å². The van der Waals surface area contributed by atoms with Crippen molar-refractivity contribution in [1.82, 2.24) is 44.8 Å². The minimum Gasteiger partial charge on any atom is -0.496 e. The van der Waals surface area contributed by atoms with E-state index in [2.05, 4.69) is 88.3 Å². The topological polar surface area (TPSA) is 224 Å². The Morgan fingerprint density at radius 1 is 0.538 bits per heavy atom. The van der Waals surface area contributed by atoms with Crippen LogP contribution in [0.15, 0.2) is 211 Å². The lowest BCUT2D eigenvalue weighted by Crippen LogP contribution is -2.45. The number of fused-ring (bicyclic) bond motifs is 3. The Morgan fingerprint density at radius 2 is 1.05 bits per heavy atom. The first-order valence-corrected chi connectivity index (χ1v) is 32.2. The lowest BCUT2D eigenvalue weighted by Gasteiger charge is -2.32. The van der Waals surface area contributed by atoms with Gasteiger partial charge >= 0.3 is 7.12 Å². The van der Waals surface area contributed by atoms with E-state index in [9.17, 15) is 13.5 Å². The number of hydrogen-bond acceptors (Lipinski definition) is 15. The molecule has 2 fully saturated rings. The van der Waals surface area contributed by atoms with Gasteiger partial charge in [0.25, 0.3) is 10.0 Å². The summed E-state index contributed by atoms with van der Waals surface area (Å²) < 4.78 is 57.8. The van der Waals surface area contributed by atoms with Crippen LogP contribution < -0.4 is 35.6 Å². The Labute approximate surface area is 540 Å². The monoisotopic (exact) mass is 1260 g/mol. The summed E-state index contributed by atoms with van der Waals surface area (Å²) in [5.41, 5.74) is 14.4. The van der Waals surface area contributed by atoms with Crippen LogP contribution in [0.5, 0.6) is 17.2 Å². The fraction of sp³-hybridized carbons (Fsp3) is 0.205. The number of hydrogen-bond donors (Lipinski definition) is 6. The number of aryl methyl sites for hydroxylation is 1. The molecule has 9 heterocycles. The van der Waals surface area contributed by atoms with E-state index in [0.29, 0.717) is 27.8 Å². The Morgan fingerprint density at radius 3 is 1.59 bits per heavy atom. The minimum atomic E-state index is -3.91. The molecule has 0 saturated carbocycles. The van der Waals surface area contributed by atoms with Gasteiger partial charge in [-0.25, -0.2) is 27.3 Å². The molecule has 0 amide bonds. The molecular weight excluding hydrogens is 1190 g/mol. The van der Waals surface area contributed by atoms with Crippen LogP contribution in [-0.4, -0.2) is 114 Å². The van der Waals surface area contributed by atoms with Gasteiger partial charge in [0, 0.05) is 134 Å². The highest BCUT2D eigenvalue weighted by atomic mass is 32.2. The van der Waals surface area contributed by atoms with E-state index in [1.54, 1.807) is 58.0 Å². The third-order valence-corrected chi connectivity index (χ3v) is 19.3. The van der Waals surface area contributed by atoms with Crippen molar-refractivity contribution < 1.29 is 37.0 Å². The average molecular weight is 1260 g/mol. The molecule has 12 aromatic rings. The number of rotatable bonds is 13. The highest BCUT2D eigenvalue weighted by Crippen LogP contribution is 2.42. The molecule has 6 N–H and O–H groups in total. The van der Waals surface area contributed by atoms with Gasteiger partial charge in [-0.2, -0.15) is 0 Å². The van der Waals surface area contributed by atoms with Crippen molar-refractivity contribution in [2.75, 3.05) is 47.5 Å². The van der Waals surface area contributed by atoms with Gasteiger partial charge < -0.3 is 43.9 Å². The number of aromatic amines is 2. The molecule has 0 bridgehead atoms. The van der Waals surface area contributed by atoms with Crippen molar-refractivity contribution in [3.8, 4) is 72.9 Å². The molecule has 470 valence electrons. The van der Waals surface area contributed by atoms with Crippen LogP contribution in [-0.2, 0) is 25.2 Å². The number of aliphatic imine (C=N–C) groups is 1. The van der Waals surface area contributed by atoms with Gasteiger partial charge in [0.05, 0.1) is 44.0 Å². The number of H-pyrrole nitrogens is 2. The summed E-state index contributed by atoms with van der Waals surface area (Å²) >= 11 is 0. The van der Waals surface area contributed by atoms with Crippen LogP contribution in [0.1, 0.15) is 44.4 Å². The smallest absolute Gasteiger partial charge is 0.496 e. The predicted octanol–water partition coefficient (Wildman–Crippen LogP) is 12.0. The third-order valence-electron chi connectivity index (χ3n) is 17.6. The van der Waals surface area contributed by atoms with E-state index < -0.39 is 34.2 Å². The van der Waals surface area contributed by atoms with Crippen LogP contribution in [0.3, 0.4) is 0 Å². The van der Waals surface area contributed by atoms with E-state index in [0.717, 1.165) is 132 Å². The van der Waals surface area contributed by atoms with Crippen LogP contribution in [0.2, 0.25) is 0 Å². The minimum absolute atomic E-state index is 0.188. The normalized spacial score (nSPS) is 15.5. The predicted molar refractivity (Wildman–Crippen MR) is 368 cm³/mol. The highest BCUT2D eigenvalue weighted by Gasteiger charge is 2.52. The van der Waals surface area contributed by atoms with E-state index in [1.807, 2.05) is 156 Å². The molecule has 3 aliphatic heterocycles. The summed E-state index contributed by atoms with van der Waals surface area (Å²) in [5.74, 6) is 2.07. The van der Waals surface area contributed by atoms with Crippen molar-refractivity contribution in [1.29, 1.82) is 0 Å². The molecular formula is C73H71BN10O8S. The standard InChI is InChI=1S/C27H29BN2O5S.C23H22N4O2.C23H20N4O/c1-18-11-13-20(14-12-18)36(31,32)30-17-23(21-9-7-8-10-24(21)33-6)22-15-19(16-29-25(22)30)28-34-26(2,3)27(4,5)35-28;1-29-21-8-3-2-7-18(21)20-14-25-22-19(20)12-16(13-24-22)15-5-4-6-17(11-15)23(28)26-9-10-27-23;1-28-21-8-3-2-7-18(21)20-14-27-23-19(20)12-17(13-26-23)15-5-4-6-16(11-15)22-24-9-10-25-22/h7-17H,1-6H3;2-8,11-14,26-28H,9-10H2,1H3,(H,24,25);2-8,11-14H,9-10H2,1H3,(H,24,25)(H,26,27). The lowest BCUT2D eigenvalue weighted by atomic mass is 9.79. The summed E-state index contributed by atoms with van der Waals surface area (Å²) in [5, 5.41) is 23.1. The number of aromatic nitrogens is 6. The first kappa shape index (κ1) is 61.9. The number of pyridine rings is 3. The number of para-hydroxylation sites is 3. The second-order valence-corrected chi connectivity index (χ2v) is 25.8. The number of nitrogens with zero attached hydrogens (tertiary/aromatic N) is 5. The van der Waals surface area contributed by atoms with Gasteiger partial charge in [0.2, 0.25) is 0 Å². The van der Waals surface area contributed by atoms with Crippen LogP contribution in [0.25, 0.3) is 88.7 Å². The first-order chi connectivity index (χ1) is 45.0. The zero-order chi connectivity index (χ0) is 64.7. The molecule has 0 atom stereocenters. The van der Waals surface area contributed by atoms with Gasteiger partial charge in [-0.3, -0.25) is 15.6 Å². The van der Waals surface area contributed by atoms with Gasteiger partial charge in [-0.05, 0) is 106 Å². The number of nitrogens with one attached hydrogen (secondary N) is 5. The van der Waals surface area contributed by atoms with Gasteiger partial charge in [-0.15, -0.1) is 0 Å². The van der Waals surface area contributed by atoms with Gasteiger partial charge in [0.15, 0.2) is 11.5 Å². The summed E-state index contributed by atoms with van der Waals surface area (Å²) in [7, 11) is 0.431. The van der Waals surface area contributed by atoms with Crippen molar-refractivity contribution >= 4 is 61.5 Å². The van der Waals surface area contributed by atoms with Crippen LogP contribution >= 0.6 is 0 Å². The molecule has 15 rings (SSSR count). The highest BCUT2D eigenvalue weighted by molar-refractivity contribution is 7.90. The molecule has 6 aromatic carbocycles. The summed E-state index contributed by atoms with van der Waals surface area (Å²) in [6, 6.07) is 52.8. The zero-order valence-corrected chi connectivity index (χ0v) is 53.7. The summed E-state index contributed by atoms with van der Waals surface area (Å²) in [6.07, 6.45) is 10.9. The van der Waals surface area contributed by atoms with Crippen molar-refractivity contribution in [2.45, 2.75) is 56.6 Å². The third kappa shape index (κ3) is 12.0. The molecule has 0 aliphatic carbocycles. The largest absolute Gasteiger partial charge is 0.496 e. The molecule has 93 heavy (non-hydrogen) atoms. The Kier molecular flexibility index (Phi) is 16.8. The first-order valence-electron chi connectivity index (χ1n) is 30.7. The molecule has 2 saturated heterocycles. The molecule has 6 aromatic heterocycles. The number of methoxy groups -OCH3 is 3. The van der Waals surface area contributed by atoms with Crippen LogP contribution in [0.4, 0.5) is 0 Å². The van der Waals surface area contributed by atoms with Crippen molar-refractivity contribution in [2.24, 2.45) is 4.99 Å². The Bertz CT molecular complexity index is 4890. The summed E-state index contributed by atoms with van der Waals surface area (Å²) in [6.45, 7) is 13.1. The average Bonchev–Trinajstić information content (AvgIpc) is 1.60. The fourth-order valence-electron chi connectivity index (χ4n) is 11.9. The SMILES string of the molecule is COc1ccccc1-c1c[nH]c2ncc(-c3cccc(C4(O)NCCN4)c3)cc12.COc1ccccc1-c1c[nH]c2ncc(-c3cccc(C4=NCCN4)c3)cc12.COc1ccccc1-c1cn(S(=O)(=O)c2ccc(C)cc2)c2ncc(B3OC(C)(C)C(C)(C)O3)cc12. The Hall–Kier alpha value is -9.93. The quantitative estimate of drug-likeness (QED) is 0.0591. The molecule has 0 radical (unpaired) electrons. The zero-order valence-electron chi connectivity index (χ0n) is 52.9. The second-order valence-electron chi connectivity index (χ2n) is 24.0. The van der Waals surface area contributed by atoms with Gasteiger partial charge in [0.1, 0.15) is 34.4 Å². The van der Waals surface area contributed by atoms with E-state index in [1.165, 1.54) is 3.97 Å². The van der Waals surface area contributed by atoms with E-state index in [4.69, 9.17) is 23.5 Å². The Balaban J connectivity index is 0.000000128. The molecule has 0 unspecified atom stereocenters. The molecule has 0 spiro atoms. The number of benzene rings is 6. The van der Waals surface area contributed by atoms with E-state index >= 15 is 0 Å².